The van der Waals surface area contributed by atoms with Gasteiger partial charge in [0.2, 0.25) is 0 Å². The molecule has 2 aromatic rings. The fourth-order valence-electron chi connectivity index (χ4n) is 3.42. The minimum Gasteiger partial charge on any atom is -0.493 e. The molecule has 1 saturated heterocycles. The van der Waals surface area contributed by atoms with E-state index in [1.54, 1.807) is 18.2 Å². The zero-order chi connectivity index (χ0) is 20.0. The second kappa shape index (κ2) is 9.30. The molecule has 152 valence electrons. The van der Waals surface area contributed by atoms with Crippen molar-refractivity contribution < 1.29 is 22.6 Å². The molecule has 7 heteroatoms. The SMILES string of the molecule is COc1ccc([C@@H](CC(F)(F)F)N2CCNCC2)cc1OCc1ccccc1. The van der Waals surface area contributed by atoms with Crippen molar-refractivity contribution in [2.24, 2.45) is 0 Å². The van der Waals surface area contributed by atoms with Crippen LogP contribution in [0, 0.1) is 0 Å². The van der Waals surface area contributed by atoms with E-state index in [1.807, 2.05) is 35.2 Å². The molecule has 1 aliphatic rings. The van der Waals surface area contributed by atoms with E-state index in [2.05, 4.69) is 5.32 Å². The summed E-state index contributed by atoms with van der Waals surface area (Å²) in [6.07, 6.45) is -5.14. The summed E-state index contributed by atoms with van der Waals surface area (Å²) in [4.78, 5) is 1.88. The molecule has 0 saturated carbocycles. The van der Waals surface area contributed by atoms with E-state index >= 15 is 0 Å². The van der Waals surface area contributed by atoms with Crippen molar-refractivity contribution in [2.45, 2.75) is 25.2 Å². The van der Waals surface area contributed by atoms with Gasteiger partial charge in [0.1, 0.15) is 6.61 Å². The first-order valence-electron chi connectivity index (χ1n) is 9.32. The standard InChI is InChI=1S/C21H25F3N2O2/c1-27-19-8-7-17(13-20(19)28-15-16-5-3-2-4-6-16)18(14-21(22,23)24)26-11-9-25-10-12-26/h2-8,13,18,25H,9-12,14-15H2,1H3/t18-/m1/s1. The van der Waals surface area contributed by atoms with Crippen molar-refractivity contribution in [1.29, 1.82) is 0 Å². The molecule has 1 aliphatic heterocycles. The lowest BCUT2D eigenvalue weighted by Gasteiger charge is -2.35. The number of piperazine rings is 1. The van der Waals surface area contributed by atoms with Gasteiger partial charge in [-0.05, 0) is 23.3 Å². The van der Waals surface area contributed by atoms with Crippen molar-refractivity contribution in [3.05, 3.63) is 59.7 Å². The molecule has 1 heterocycles. The van der Waals surface area contributed by atoms with Crippen LogP contribution >= 0.6 is 0 Å². The quantitative estimate of drug-likeness (QED) is 0.764. The van der Waals surface area contributed by atoms with E-state index in [4.69, 9.17) is 9.47 Å². The Bertz CT molecular complexity index is 747. The van der Waals surface area contributed by atoms with Gasteiger partial charge in [-0.1, -0.05) is 36.4 Å². The topological polar surface area (TPSA) is 33.7 Å². The summed E-state index contributed by atoms with van der Waals surface area (Å²) in [7, 11) is 1.52. The molecule has 0 amide bonds. The van der Waals surface area contributed by atoms with Crippen LogP contribution < -0.4 is 14.8 Å². The Morgan fingerprint density at radius 2 is 1.75 bits per heavy atom. The summed E-state index contributed by atoms with van der Waals surface area (Å²) in [5.74, 6) is 0.955. The number of nitrogens with one attached hydrogen (secondary N) is 1. The van der Waals surface area contributed by atoms with E-state index in [0.29, 0.717) is 49.8 Å². The number of hydrogen-bond donors (Lipinski definition) is 1. The van der Waals surface area contributed by atoms with Gasteiger partial charge in [-0.3, -0.25) is 4.90 Å². The third kappa shape index (κ3) is 5.62. The Kier molecular flexibility index (Phi) is 6.80. The zero-order valence-electron chi connectivity index (χ0n) is 15.8. The fraction of sp³-hybridized carbons (Fsp3) is 0.429. The minimum absolute atomic E-state index is 0.318. The van der Waals surface area contributed by atoms with E-state index < -0.39 is 18.6 Å². The Labute approximate surface area is 163 Å². The van der Waals surface area contributed by atoms with Gasteiger partial charge in [0.05, 0.1) is 13.5 Å². The van der Waals surface area contributed by atoms with E-state index in [0.717, 1.165) is 5.56 Å². The lowest BCUT2D eigenvalue weighted by molar-refractivity contribution is -0.148. The molecule has 0 aliphatic carbocycles. The lowest BCUT2D eigenvalue weighted by atomic mass is 10.00. The Morgan fingerprint density at radius 3 is 2.39 bits per heavy atom. The van der Waals surface area contributed by atoms with Crippen molar-refractivity contribution in [3.8, 4) is 11.5 Å². The van der Waals surface area contributed by atoms with Crippen LogP contribution in [0.2, 0.25) is 0 Å². The highest BCUT2D eigenvalue weighted by atomic mass is 19.4. The number of halogens is 3. The van der Waals surface area contributed by atoms with Crippen LogP contribution in [0.15, 0.2) is 48.5 Å². The highest BCUT2D eigenvalue weighted by Gasteiger charge is 2.36. The van der Waals surface area contributed by atoms with E-state index in [9.17, 15) is 13.2 Å². The predicted molar refractivity (Wildman–Crippen MR) is 102 cm³/mol. The van der Waals surface area contributed by atoms with Gasteiger partial charge in [0.25, 0.3) is 0 Å². The van der Waals surface area contributed by atoms with E-state index in [-0.39, 0.29) is 0 Å². The summed E-state index contributed by atoms with van der Waals surface area (Å²) in [5.41, 5.74) is 1.56. The summed E-state index contributed by atoms with van der Waals surface area (Å²) in [6.45, 7) is 2.84. The van der Waals surface area contributed by atoms with Gasteiger partial charge in [0.15, 0.2) is 11.5 Å². The van der Waals surface area contributed by atoms with Crippen molar-refractivity contribution >= 4 is 0 Å². The third-order valence-electron chi connectivity index (χ3n) is 4.83. The number of alkyl halides is 3. The van der Waals surface area contributed by atoms with Crippen molar-refractivity contribution in [3.63, 3.8) is 0 Å². The molecule has 3 rings (SSSR count). The highest BCUT2D eigenvalue weighted by Crippen LogP contribution is 2.38. The smallest absolute Gasteiger partial charge is 0.390 e. The van der Waals surface area contributed by atoms with Crippen molar-refractivity contribution in [2.75, 3.05) is 33.3 Å². The second-order valence-corrected chi connectivity index (χ2v) is 6.81. The number of nitrogens with zero attached hydrogens (tertiary/aromatic N) is 1. The molecule has 1 N–H and O–H groups in total. The molecule has 0 bridgehead atoms. The third-order valence-corrected chi connectivity index (χ3v) is 4.83. The first-order valence-corrected chi connectivity index (χ1v) is 9.32. The Hall–Kier alpha value is -2.25. The maximum Gasteiger partial charge on any atom is 0.390 e. The molecule has 4 nitrogen and oxygen atoms in total. The highest BCUT2D eigenvalue weighted by molar-refractivity contribution is 5.44. The molecule has 0 radical (unpaired) electrons. The normalized spacial score (nSPS) is 16.6. The zero-order valence-corrected chi connectivity index (χ0v) is 15.8. The van der Waals surface area contributed by atoms with Crippen LogP contribution in [0.25, 0.3) is 0 Å². The van der Waals surface area contributed by atoms with E-state index in [1.165, 1.54) is 7.11 Å². The van der Waals surface area contributed by atoms with Gasteiger partial charge in [-0.25, -0.2) is 0 Å². The van der Waals surface area contributed by atoms with Crippen LogP contribution in [0.1, 0.15) is 23.6 Å². The maximum atomic E-state index is 13.3. The molecule has 0 aromatic heterocycles. The van der Waals surface area contributed by atoms with Crippen LogP contribution in [0.5, 0.6) is 11.5 Å². The number of ether oxygens (including phenoxy) is 2. The van der Waals surface area contributed by atoms with Gasteiger partial charge in [-0.15, -0.1) is 0 Å². The first kappa shape index (κ1) is 20.5. The molecule has 0 spiro atoms. The lowest BCUT2D eigenvalue weighted by Crippen LogP contribution is -2.46. The average Bonchev–Trinajstić information content (AvgIpc) is 2.71. The minimum atomic E-state index is -4.25. The number of rotatable bonds is 7. The summed E-state index contributed by atoms with van der Waals surface area (Å²) >= 11 is 0. The summed E-state index contributed by atoms with van der Waals surface area (Å²) in [5, 5.41) is 3.18. The first-order chi connectivity index (χ1) is 13.5. The van der Waals surface area contributed by atoms with Crippen molar-refractivity contribution in [1.82, 2.24) is 10.2 Å². The van der Waals surface area contributed by atoms with Crippen LogP contribution in [0.4, 0.5) is 13.2 Å². The molecule has 1 fully saturated rings. The van der Waals surface area contributed by atoms with Crippen LogP contribution in [-0.2, 0) is 6.61 Å². The largest absolute Gasteiger partial charge is 0.493 e. The number of benzene rings is 2. The molecule has 0 unspecified atom stereocenters. The molecule has 2 aromatic carbocycles. The molecular formula is C21H25F3N2O2. The van der Waals surface area contributed by atoms with Gasteiger partial charge in [-0.2, -0.15) is 13.2 Å². The molecule has 28 heavy (non-hydrogen) atoms. The number of hydrogen-bond acceptors (Lipinski definition) is 4. The van der Waals surface area contributed by atoms with Gasteiger partial charge < -0.3 is 14.8 Å². The van der Waals surface area contributed by atoms with Crippen LogP contribution in [-0.4, -0.2) is 44.4 Å². The Morgan fingerprint density at radius 1 is 1.04 bits per heavy atom. The van der Waals surface area contributed by atoms with Gasteiger partial charge >= 0.3 is 6.18 Å². The van der Waals surface area contributed by atoms with Gasteiger partial charge in [0, 0.05) is 32.2 Å². The predicted octanol–water partition coefficient (Wildman–Crippen LogP) is 4.17. The number of methoxy groups -OCH3 is 1. The fourth-order valence-corrected chi connectivity index (χ4v) is 3.42. The second-order valence-electron chi connectivity index (χ2n) is 6.81. The molecule has 1 atom stereocenters. The monoisotopic (exact) mass is 394 g/mol. The Balaban J connectivity index is 1.85. The average molecular weight is 394 g/mol. The summed E-state index contributed by atoms with van der Waals surface area (Å²) < 4.78 is 51.0. The maximum absolute atomic E-state index is 13.3. The molecular weight excluding hydrogens is 369 g/mol. The summed E-state index contributed by atoms with van der Waals surface area (Å²) in [6, 6.07) is 13.9. The van der Waals surface area contributed by atoms with Crippen LogP contribution in [0.3, 0.4) is 0 Å².